The van der Waals surface area contributed by atoms with Gasteiger partial charge in [-0.05, 0) is 0 Å². The van der Waals surface area contributed by atoms with Crippen LogP contribution in [0.5, 0.6) is 0 Å². The highest BCUT2D eigenvalue weighted by Gasteiger charge is 2.19. The smallest absolute Gasteiger partial charge is 0.329 e. The number of hydrogen-bond acceptors (Lipinski definition) is 6. The summed E-state index contributed by atoms with van der Waals surface area (Å²) < 4.78 is 6.24. The molecule has 0 spiro atoms. The summed E-state index contributed by atoms with van der Waals surface area (Å²) in [6, 6.07) is -0.681. The van der Waals surface area contributed by atoms with E-state index in [1.807, 2.05) is 0 Å². The van der Waals surface area contributed by atoms with Gasteiger partial charge in [0.25, 0.3) is 0 Å². The van der Waals surface area contributed by atoms with Crippen LogP contribution < -0.4 is 10.6 Å². The summed E-state index contributed by atoms with van der Waals surface area (Å²) in [5.41, 5.74) is 0. The van der Waals surface area contributed by atoms with Crippen LogP contribution in [-0.2, 0) is 27.8 Å². The lowest BCUT2D eigenvalue weighted by Crippen LogP contribution is -2.47. The number of nitrogens with zero attached hydrogens (tertiary/aromatic N) is 3. The van der Waals surface area contributed by atoms with Gasteiger partial charge in [-0.1, -0.05) is 0 Å². The van der Waals surface area contributed by atoms with Crippen LogP contribution in [0.3, 0.4) is 0 Å². The van der Waals surface area contributed by atoms with Crippen molar-refractivity contribution in [1.29, 1.82) is 0 Å². The number of nitrogens with one attached hydrogen (secondary N) is 2. The van der Waals surface area contributed by atoms with E-state index in [-0.39, 0.29) is 5.91 Å². The summed E-state index contributed by atoms with van der Waals surface area (Å²) in [5, 5.41) is 9.71. The third-order valence-corrected chi connectivity index (χ3v) is 2.38. The van der Waals surface area contributed by atoms with Crippen molar-refractivity contribution in [3.63, 3.8) is 0 Å². The third-order valence-electron chi connectivity index (χ3n) is 2.38. The second-order valence-electron chi connectivity index (χ2n) is 4.06. The fourth-order valence-electron chi connectivity index (χ4n) is 1.53. The van der Waals surface area contributed by atoms with Crippen molar-refractivity contribution < 1.29 is 14.3 Å². The van der Waals surface area contributed by atoms with Crippen LogP contribution in [0, 0.1) is 0 Å². The first-order chi connectivity index (χ1) is 9.02. The van der Waals surface area contributed by atoms with E-state index in [2.05, 4.69) is 25.5 Å². The summed E-state index contributed by atoms with van der Waals surface area (Å²) in [4.78, 5) is 26.5. The van der Waals surface area contributed by atoms with Crippen LogP contribution in [0.1, 0.15) is 12.7 Å². The number of aromatic nitrogens is 3. The van der Waals surface area contributed by atoms with Gasteiger partial charge in [0.1, 0.15) is 12.4 Å². The number of methoxy groups -OCH3 is 1. The lowest BCUT2D eigenvalue weighted by Gasteiger charge is -2.15. The van der Waals surface area contributed by atoms with Crippen LogP contribution in [0.4, 0.5) is 0 Å². The summed E-state index contributed by atoms with van der Waals surface area (Å²) in [6.45, 7) is 2.27. The highest BCUT2D eigenvalue weighted by Crippen LogP contribution is 1.90. The molecule has 0 bridgehead atoms. The molecule has 1 aromatic heterocycles. The Balaban J connectivity index is 2.31. The number of amides is 1. The molecule has 1 unspecified atom stereocenters. The molecule has 0 aliphatic heterocycles. The van der Waals surface area contributed by atoms with Gasteiger partial charge in [0, 0.05) is 33.5 Å². The number of carbonyl (C=O) groups excluding carboxylic acids is 2. The monoisotopic (exact) mass is 269 g/mol. The molecule has 1 atom stereocenters. The number of esters is 1. The molecule has 0 aromatic carbocycles. The maximum atomic E-state index is 11.4. The lowest BCUT2D eigenvalue weighted by atomic mass is 10.3. The molecule has 0 saturated carbocycles. The van der Waals surface area contributed by atoms with Crippen LogP contribution in [0.25, 0.3) is 0 Å². The van der Waals surface area contributed by atoms with Crippen LogP contribution in [0.2, 0.25) is 0 Å². The molecule has 0 radical (unpaired) electrons. The molecule has 106 valence electrons. The first-order valence-corrected chi connectivity index (χ1v) is 5.93. The molecular weight excluding hydrogens is 250 g/mol. The summed E-state index contributed by atoms with van der Waals surface area (Å²) in [7, 11) is 3.09. The Bertz CT molecular complexity index is 432. The second-order valence-corrected chi connectivity index (χ2v) is 4.06. The Labute approximate surface area is 111 Å². The number of ether oxygens (including phenoxy) is 1. The molecule has 1 heterocycles. The molecule has 0 saturated heterocycles. The number of carbonyl (C=O) groups is 2. The van der Waals surface area contributed by atoms with Crippen LogP contribution in [0.15, 0.2) is 6.33 Å². The van der Waals surface area contributed by atoms with Gasteiger partial charge < -0.3 is 15.4 Å². The van der Waals surface area contributed by atoms with Crippen molar-refractivity contribution in [2.45, 2.75) is 19.4 Å². The SMILES string of the molecule is COC(=O)C(CNCCc1ncn(C)n1)NC(C)=O. The van der Waals surface area contributed by atoms with E-state index >= 15 is 0 Å². The van der Waals surface area contributed by atoms with Crippen molar-refractivity contribution in [2.24, 2.45) is 7.05 Å². The maximum Gasteiger partial charge on any atom is 0.329 e. The standard InChI is InChI=1S/C11H19N5O3/c1-8(17)14-9(11(18)19-3)6-12-5-4-10-13-7-16(2)15-10/h7,9,12H,4-6H2,1-3H3,(H,14,17). The predicted molar refractivity (Wildman–Crippen MR) is 67.2 cm³/mol. The van der Waals surface area contributed by atoms with Gasteiger partial charge in [-0.25, -0.2) is 9.78 Å². The summed E-state index contributed by atoms with van der Waals surface area (Å²) in [6.07, 6.45) is 2.28. The Morgan fingerprint density at radius 1 is 1.53 bits per heavy atom. The highest BCUT2D eigenvalue weighted by atomic mass is 16.5. The van der Waals surface area contributed by atoms with Crippen molar-refractivity contribution in [2.75, 3.05) is 20.2 Å². The molecule has 1 amide bonds. The average Bonchev–Trinajstić information content (AvgIpc) is 2.77. The molecule has 0 fully saturated rings. The van der Waals surface area contributed by atoms with Gasteiger partial charge in [-0.3, -0.25) is 9.48 Å². The Morgan fingerprint density at radius 2 is 2.26 bits per heavy atom. The van der Waals surface area contributed by atoms with Gasteiger partial charge in [0.15, 0.2) is 5.82 Å². The van der Waals surface area contributed by atoms with E-state index in [4.69, 9.17) is 0 Å². The summed E-state index contributed by atoms with van der Waals surface area (Å²) >= 11 is 0. The largest absolute Gasteiger partial charge is 0.467 e. The van der Waals surface area contributed by atoms with Gasteiger partial charge in [-0.2, -0.15) is 5.10 Å². The number of aryl methyl sites for hydroxylation is 1. The number of rotatable bonds is 7. The molecule has 0 aliphatic rings. The molecule has 19 heavy (non-hydrogen) atoms. The van der Waals surface area contributed by atoms with Crippen molar-refractivity contribution in [1.82, 2.24) is 25.4 Å². The van der Waals surface area contributed by atoms with Crippen LogP contribution in [-0.4, -0.2) is 52.9 Å². The topological polar surface area (TPSA) is 98.1 Å². The normalized spacial score (nSPS) is 11.9. The van der Waals surface area contributed by atoms with Crippen molar-refractivity contribution in [3.8, 4) is 0 Å². The average molecular weight is 269 g/mol. The summed E-state index contributed by atoms with van der Waals surface area (Å²) in [5.74, 6) is -0.0219. The van der Waals surface area contributed by atoms with E-state index in [1.165, 1.54) is 14.0 Å². The molecule has 2 N–H and O–H groups in total. The zero-order chi connectivity index (χ0) is 14.3. The molecule has 0 aliphatic carbocycles. The third kappa shape index (κ3) is 5.47. The Hall–Kier alpha value is -1.96. The van der Waals surface area contributed by atoms with E-state index < -0.39 is 12.0 Å². The molecule has 1 aromatic rings. The molecule has 1 rings (SSSR count). The Kier molecular flexibility index (Phi) is 5.94. The minimum Gasteiger partial charge on any atom is -0.467 e. The Morgan fingerprint density at radius 3 is 2.79 bits per heavy atom. The molecule has 8 nitrogen and oxygen atoms in total. The van der Waals surface area contributed by atoms with Crippen molar-refractivity contribution >= 4 is 11.9 Å². The van der Waals surface area contributed by atoms with E-state index in [1.54, 1.807) is 18.1 Å². The quantitative estimate of drug-likeness (QED) is 0.468. The highest BCUT2D eigenvalue weighted by molar-refractivity contribution is 5.83. The molecular formula is C11H19N5O3. The predicted octanol–water partition coefficient (Wildman–Crippen LogP) is -1.38. The minimum atomic E-state index is -0.681. The zero-order valence-electron chi connectivity index (χ0n) is 11.3. The number of hydrogen-bond donors (Lipinski definition) is 2. The fourth-order valence-corrected chi connectivity index (χ4v) is 1.53. The zero-order valence-corrected chi connectivity index (χ0v) is 11.3. The molecule has 8 heteroatoms. The fraction of sp³-hybridized carbons (Fsp3) is 0.636. The first-order valence-electron chi connectivity index (χ1n) is 5.93. The van der Waals surface area contributed by atoms with Gasteiger partial charge in [0.05, 0.1) is 7.11 Å². The van der Waals surface area contributed by atoms with Gasteiger partial charge >= 0.3 is 5.97 Å². The van der Waals surface area contributed by atoms with E-state index in [0.717, 1.165) is 5.82 Å². The van der Waals surface area contributed by atoms with Crippen molar-refractivity contribution in [3.05, 3.63) is 12.2 Å². The van der Waals surface area contributed by atoms with Gasteiger partial charge in [-0.15, -0.1) is 0 Å². The van der Waals surface area contributed by atoms with E-state index in [9.17, 15) is 9.59 Å². The van der Waals surface area contributed by atoms with E-state index in [0.29, 0.717) is 19.5 Å². The van der Waals surface area contributed by atoms with Gasteiger partial charge in [0.2, 0.25) is 5.91 Å². The van der Waals surface area contributed by atoms with Crippen LogP contribution >= 0.6 is 0 Å². The minimum absolute atomic E-state index is 0.274. The first kappa shape index (κ1) is 15.1. The second kappa shape index (κ2) is 7.47. The lowest BCUT2D eigenvalue weighted by molar-refractivity contribution is -0.144. The maximum absolute atomic E-state index is 11.4.